The number of carbonyl (C=O) groups excluding carboxylic acids is 3. The predicted octanol–water partition coefficient (Wildman–Crippen LogP) is 3.53. The number of Topliss-reactive ketones (excluding diaryl/α,β-unsaturated/α-hetero) is 1. The van der Waals surface area contributed by atoms with Gasteiger partial charge in [-0.1, -0.05) is 29.5 Å². The predicted molar refractivity (Wildman–Crippen MR) is 116 cm³/mol. The molecule has 3 aromatic rings. The maximum atomic E-state index is 12.6. The Labute approximate surface area is 181 Å². The average Bonchev–Trinajstić information content (AvgIpc) is 3.32. The summed E-state index contributed by atoms with van der Waals surface area (Å²) in [5.74, 6) is -1.03. The van der Waals surface area contributed by atoms with Gasteiger partial charge in [0.25, 0.3) is 5.91 Å². The van der Waals surface area contributed by atoms with Gasteiger partial charge in [-0.05, 0) is 25.5 Å². The lowest BCUT2D eigenvalue weighted by Crippen LogP contribution is -2.35. The molecule has 0 fully saturated rings. The second kappa shape index (κ2) is 8.45. The Kier molecular flexibility index (Phi) is 5.74. The van der Waals surface area contributed by atoms with Gasteiger partial charge in [-0.2, -0.15) is 0 Å². The summed E-state index contributed by atoms with van der Waals surface area (Å²) >= 11 is 2.70. The van der Waals surface area contributed by atoms with E-state index in [-0.39, 0.29) is 24.0 Å². The fourth-order valence-corrected chi connectivity index (χ4v) is 4.92. The summed E-state index contributed by atoms with van der Waals surface area (Å²) in [6, 6.07) is 7.27. The Morgan fingerprint density at radius 2 is 1.97 bits per heavy atom. The van der Waals surface area contributed by atoms with Crippen molar-refractivity contribution in [1.82, 2.24) is 15.3 Å². The van der Waals surface area contributed by atoms with Crippen molar-refractivity contribution in [1.29, 1.82) is 0 Å². The summed E-state index contributed by atoms with van der Waals surface area (Å²) < 4.78 is 0. The zero-order valence-corrected chi connectivity index (χ0v) is 18.2. The molecule has 0 aliphatic heterocycles. The average molecular weight is 441 g/mol. The van der Waals surface area contributed by atoms with Gasteiger partial charge in [0, 0.05) is 23.8 Å². The van der Waals surface area contributed by atoms with Crippen molar-refractivity contribution in [3.63, 3.8) is 0 Å². The third-order valence-corrected chi connectivity index (χ3v) is 6.79. The smallest absolute Gasteiger partial charge is 0.257 e. The fourth-order valence-electron chi connectivity index (χ4n) is 3.37. The van der Waals surface area contributed by atoms with Crippen LogP contribution in [-0.2, 0) is 17.8 Å². The molecule has 1 aliphatic rings. The van der Waals surface area contributed by atoms with Crippen LogP contribution < -0.4 is 10.6 Å². The molecule has 9 heteroatoms. The number of hydrogen-bond donors (Lipinski definition) is 2. The lowest BCUT2D eigenvalue weighted by molar-refractivity contribution is -0.125. The molecule has 154 valence electrons. The van der Waals surface area contributed by atoms with Crippen LogP contribution in [0.25, 0.3) is 0 Å². The molecule has 0 saturated heterocycles. The number of aromatic nitrogens is 2. The van der Waals surface area contributed by atoms with E-state index in [9.17, 15) is 14.4 Å². The summed E-state index contributed by atoms with van der Waals surface area (Å²) in [6.45, 7) is 4.12. The van der Waals surface area contributed by atoms with Crippen molar-refractivity contribution in [2.45, 2.75) is 33.2 Å². The SMILES string of the molecule is Cc1nc(CNC(=O)[C@H]2CC(=O)c3sc(NC(=O)c4ccccc4C)nc3C2)cs1. The Balaban J connectivity index is 1.43. The molecule has 0 bridgehead atoms. The molecule has 7 nitrogen and oxygen atoms in total. The van der Waals surface area contributed by atoms with E-state index in [4.69, 9.17) is 0 Å². The number of thiazole rings is 2. The zero-order chi connectivity index (χ0) is 21.3. The van der Waals surface area contributed by atoms with Gasteiger partial charge in [-0.25, -0.2) is 9.97 Å². The van der Waals surface area contributed by atoms with Crippen molar-refractivity contribution in [2.75, 3.05) is 5.32 Å². The molecule has 1 aliphatic carbocycles. The van der Waals surface area contributed by atoms with E-state index in [1.807, 2.05) is 31.4 Å². The van der Waals surface area contributed by atoms with E-state index < -0.39 is 5.92 Å². The lowest BCUT2D eigenvalue weighted by atomic mass is 9.89. The highest BCUT2D eigenvalue weighted by atomic mass is 32.1. The molecule has 0 saturated carbocycles. The third-order valence-electron chi connectivity index (χ3n) is 4.91. The molecule has 1 atom stereocenters. The topological polar surface area (TPSA) is 101 Å². The van der Waals surface area contributed by atoms with E-state index in [0.29, 0.717) is 34.2 Å². The number of fused-ring (bicyclic) bond motifs is 1. The van der Waals surface area contributed by atoms with Gasteiger partial charge < -0.3 is 5.32 Å². The molecule has 2 N–H and O–H groups in total. The maximum Gasteiger partial charge on any atom is 0.257 e. The summed E-state index contributed by atoms with van der Waals surface area (Å²) in [5.41, 5.74) is 2.80. The minimum atomic E-state index is -0.466. The van der Waals surface area contributed by atoms with Gasteiger partial charge in [0.2, 0.25) is 5.91 Å². The van der Waals surface area contributed by atoms with Gasteiger partial charge >= 0.3 is 0 Å². The molecular formula is C21H20N4O3S2. The van der Waals surface area contributed by atoms with Crippen LogP contribution in [0.3, 0.4) is 0 Å². The Bertz CT molecular complexity index is 1130. The molecule has 0 unspecified atom stereocenters. The third kappa shape index (κ3) is 4.31. The van der Waals surface area contributed by atoms with Crippen LogP contribution in [0.1, 0.15) is 48.4 Å². The minimum Gasteiger partial charge on any atom is -0.350 e. The second-order valence-electron chi connectivity index (χ2n) is 7.17. The first-order valence-corrected chi connectivity index (χ1v) is 11.2. The number of ketones is 1. The molecule has 0 spiro atoms. The number of benzene rings is 1. The highest BCUT2D eigenvalue weighted by Gasteiger charge is 2.33. The first kappa shape index (κ1) is 20.4. The Morgan fingerprint density at radius 3 is 2.70 bits per heavy atom. The van der Waals surface area contributed by atoms with E-state index in [2.05, 4.69) is 20.6 Å². The molecule has 1 aromatic carbocycles. The quantitative estimate of drug-likeness (QED) is 0.632. The number of aryl methyl sites for hydroxylation is 2. The number of nitrogens with zero attached hydrogens (tertiary/aromatic N) is 2. The molecule has 4 rings (SSSR count). The molecule has 30 heavy (non-hydrogen) atoms. The molecule has 2 aromatic heterocycles. The van der Waals surface area contributed by atoms with Crippen LogP contribution >= 0.6 is 22.7 Å². The van der Waals surface area contributed by atoms with Crippen LogP contribution in [-0.4, -0.2) is 27.6 Å². The Hall–Kier alpha value is -2.91. The van der Waals surface area contributed by atoms with Crippen molar-refractivity contribution < 1.29 is 14.4 Å². The summed E-state index contributed by atoms with van der Waals surface area (Å²) in [5, 5.41) is 8.86. The summed E-state index contributed by atoms with van der Waals surface area (Å²) in [6.07, 6.45) is 0.516. The molecular weight excluding hydrogens is 420 g/mol. The summed E-state index contributed by atoms with van der Waals surface area (Å²) in [7, 11) is 0. The van der Waals surface area contributed by atoms with Crippen LogP contribution in [0.5, 0.6) is 0 Å². The van der Waals surface area contributed by atoms with Crippen molar-refractivity contribution in [3.05, 3.63) is 62.0 Å². The number of hydrogen-bond acceptors (Lipinski definition) is 7. The normalized spacial score (nSPS) is 15.5. The van der Waals surface area contributed by atoms with E-state index in [1.165, 1.54) is 22.7 Å². The fraction of sp³-hybridized carbons (Fsp3) is 0.286. The van der Waals surface area contributed by atoms with Gasteiger partial charge in [0.1, 0.15) is 0 Å². The zero-order valence-electron chi connectivity index (χ0n) is 16.5. The van der Waals surface area contributed by atoms with Crippen LogP contribution in [0, 0.1) is 19.8 Å². The van der Waals surface area contributed by atoms with E-state index >= 15 is 0 Å². The van der Waals surface area contributed by atoms with Gasteiger partial charge in [-0.15, -0.1) is 11.3 Å². The number of rotatable bonds is 5. The van der Waals surface area contributed by atoms with Crippen molar-refractivity contribution in [3.8, 4) is 0 Å². The second-order valence-corrected chi connectivity index (χ2v) is 9.23. The first-order valence-electron chi connectivity index (χ1n) is 9.49. The summed E-state index contributed by atoms with van der Waals surface area (Å²) in [4.78, 5) is 46.9. The molecule has 2 heterocycles. The lowest BCUT2D eigenvalue weighted by Gasteiger charge is -2.19. The van der Waals surface area contributed by atoms with Crippen LogP contribution in [0.2, 0.25) is 0 Å². The highest BCUT2D eigenvalue weighted by molar-refractivity contribution is 7.17. The van der Waals surface area contributed by atoms with E-state index in [1.54, 1.807) is 12.1 Å². The number of nitrogens with one attached hydrogen (secondary N) is 2. The van der Waals surface area contributed by atoms with Crippen LogP contribution in [0.4, 0.5) is 5.13 Å². The minimum absolute atomic E-state index is 0.116. The maximum absolute atomic E-state index is 12.6. The van der Waals surface area contributed by atoms with Crippen LogP contribution in [0.15, 0.2) is 29.6 Å². The Morgan fingerprint density at radius 1 is 1.17 bits per heavy atom. The monoisotopic (exact) mass is 440 g/mol. The largest absolute Gasteiger partial charge is 0.350 e. The van der Waals surface area contributed by atoms with Gasteiger partial charge in [-0.3, -0.25) is 19.7 Å². The standard InChI is InChI=1S/C21H20N4O3S2/c1-11-5-3-4-6-15(11)20(28)25-21-24-16-7-13(8-17(26)18(16)30-21)19(27)22-9-14-10-29-12(2)23-14/h3-6,10,13H,7-9H2,1-2H3,(H,22,27)(H,24,25,28)/t13-/m1/s1. The van der Waals surface area contributed by atoms with Crippen molar-refractivity contribution >= 4 is 45.4 Å². The van der Waals surface area contributed by atoms with Crippen molar-refractivity contribution in [2.24, 2.45) is 5.92 Å². The molecule has 0 radical (unpaired) electrons. The number of anilines is 1. The molecule has 2 amide bonds. The highest BCUT2D eigenvalue weighted by Crippen LogP contribution is 2.32. The van der Waals surface area contributed by atoms with Gasteiger partial charge in [0.15, 0.2) is 10.9 Å². The van der Waals surface area contributed by atoms with E-state index in [0.717, 1.165) is 16.3 Å². The number of carbonyl (C=O) groups is 3. The number of amides is 2. The first-order chi connectivity index (χ1) is 14.4. The van der Waals surface area contributed by atoms with Gasteiger partial charge in [0.05, 0.1) is 33.7 Å².